The normalized spacial score (nSPS) is 30.8. The smallest absolute Gasteiger partial charge is 0.251 e. The molecule has 1 heterocycles. The standard InChI is InChI=1S/C25H30N2O/c1-15(2)20-12-9-16(3)22-23(20)26-27(24(22)18-7-5-4-6-8-18)25(28)21-14-17-10-11-19(21)13-17/h4-8,10-11,15-17,19-21H,9,12-14H2,1-3H3/t16-,17+,19+,20-,21-/m1/s1. The van der Waals surface area contributed by atoms with E-state index in [4.69, 9.17) is 5.10 Å². The van der Waals surface area contributed by atoms with E-state index in [0.29, 0.717) is 29.6 Å². The molecule has 2 bridgehead atoms. The first-order valence-corrected chi connectivity index (χ1v) is 10.9. The van der Waals surface area contributed by atoms with Crippen molar-refractivity contribution in [3.8, 4) is 11.3 Å². The van der Waals surface area contributed by atoms with Crippen molar-refractivity contribution in [1.29, 1.82) is 0 Å². The van der Waals surface area contributed by atoms with E-state index in [-0.39, 0.29) is 11.8 Å². The van der Waals surface area contributed by atoms with Gasteiger partial charge in [-0.3, -0.25) is 4.79 Å². The van der Waals surface area contributed by atoms with Crippen LogP contribution >= 0.6 is 0 Å². The summed E-state index contributed by atoms with van der Waals surface area (Å²) in [5.41, 5.74) is 4.69. The molecule has 0 unspecified atom stereocenters. The summed E-state index contributed by atoms with van der Waals surface area (Å²) in [6.07, 6.45) is 9.04. The minimum absolute atomic E-state index is 0.0895. The van der Waals surface area contributed by atoms with Crippen LogP contribution in [0.1, 0.15) is 74.3 Å². The van der Waals surface area contributed by atoms with Gasteiger partial charge in [0.05, 0.1) is 11.4 Å². The van der Waals surface area contributed by atoms with E-state index in [9.17, 15) is 4.79 Å². The maximum atomic E-state index is 13.7. The van der Waals surface area contributed by atoms with E-state index in [1.807, 2.05) is 10.7 Å². The van der Waals surface area contributed by atoms with Gasteiger partial charge in [-0.25, -0.2) is 0 Å². The first-order valence-electron chi connectivity index (χ1n) is 10.9. The van der Waals surface area contributed by atoms with Crippen LogP contribution in [0.4, 0.5) is 0 Å². The molecule has 0 spiro atoms. The Morgan fingerprint density at radius 1 is 1.11 bits per heavy atom. The van der Waals surface area contributed by atoms with Crippen LogP contribution in [0.15, 0.2) is 42.5 Å². The zero-order valence-corrected chi connectivity index (χ0v) is 17.1. The summed E-state index contributed by atoms with van der Waals surface area (Å²) in [5, 5.41) is 5.05. The van der Waals surface area contributed by atoms with E-state index in [0.717, 1.165) is 24.1 Å². The first kappa shape index (κ1) is 17.9. The molecule has 146 valence electrons. The van der Waals surface area contributed by atoms with Crippen molar-refractivity contribution in [1.82, 2.24) is 9.78 Å². The van der Waals surface area contributed by atoms with Crippen molar-refractivity contribution < 1.29 is 4.79 Å². The van der Waals surface area contributed by atoms with E-state index in [1.54, 1.807) is 0 Å². The Morgan fingerprint density at radius 2 is 1.89 bits per heavy atom. The van der Waals surface area contributed by atoms with E-state index < -0.39 is 0 Å². The molecule has 0 radical (unpaired) electrons. The molecular formula is C25H30N2O. The molecule has 1 aromatic heterocycles. The molecule has 1 saturated carbocycles. The number of hydrogen-bond donors (Lipinski definition) is 0. The number of fused-ring (bicyclic) bond motifs is 3. The van der Waals surface area contributed by atoms with Gasteiger partial charge < -0.3 is 0 Å². The third-order valence-electron chi connectivity index (χ3n) is 7.36. The third kappa shape index (κ3) is 2.70. The molecule has 3 aliphatic rings. The Balaban J connectivity index is 1.67. The Morgan fingerprint density at radius 3 is 2.54 bits per heavy atom. The predicted octanol–water partition coefficient (Wildman–Crippen LogP) is 6.04. The Bertz CT molecular complexity index is 924. The second kappa shape index (κ2) is 6.72. The van der Waals surface area contributed by atoms with E-state index in [2.05, 4.69) is 57.2 Å². The lowest BCUT2D eigenvalue weighted by atomic mass is 9.75. The van der Waals surface area contributed by atoms with Gasteiger partial charge in [0.25, 0.3) is 5.91 Å². The zero-order chi connectivity index (χ0) is 19.4. The number of aromatic nitrogens is 2. The molecular weight excluding hydrogens is 344 g/mol. The van der Waals surface area contributed by atoms with Crippen LogP contribution in [0.3, 0.4) is 0 Å². The highest BCUT2D eigenvalue weighted by molar-refractivity contribution is 5.87. The molecule has 0 N–H and O–H groups in total. The summed E-state index contributed by atoms with van der Waals surface area (Å²) in [4.78, 5) is 13.7. The van der Waals surface area contributed by atoms with Gasteiger partial charge in [0, 0.05) is 23.0 Å². The monoisotopic (exact) mass is 374 g/mol. The average Bonchev–Trinajstić information content (AvgIpc) is 3.42. The Hall–Kier alpha value is -2.16. The third-order valence-corrected chi connectivity index (χ3v) is 7.36. The first-order chi connectivity index (χ1) is 13.5. The summed E-state index contributed by atoms with van der Waals surface area (Å²) in [6.45, 7) is 6.88. The van der Waals surface area contributed by atoms with Crippen molar-refractivity contribution in [2.75, 3.05) is 0 Å². The highest BCUT2D eigenvalue weighted by atomic mass is 16.2. The van der Waals surface area contributed by atoms with Gasteiger partial charge >= 0.3 is 0 Å². The van der Waals surface area contributed by atoms with Crippen LogP contribution in [0.25, 0.3) is 11.3 Å². The van der Waals surface area contributed by atoms with Gasteiger partial charge in [-0.2, -0.15) is 9.78 Å². The van der Waals surface area contributed by atoms with Crippen LogP contribution < -0.4 is 0 Å². The van der Waals surface area contributed by atoms with Gasteiger partial charge in [0.15, 0.2) is 0 Å². The molecule has 5 rings (SSSR count). The minimum atomic E-state index is 0.0895. The fraction of sp³-hybridized carbons (Fsp3) is 0.520. The minimum Gasteiger partial charge on any atom is -0.272 e. The molecule has 3 aliphatic carbocycles. The van der Waals surface area contributed by atoms with Crippen LogP contribution in [0.5, 0.6) is 0 Å². The Kier molecular flexibility index (Phi) is 4.30. The second-order valence-electron chi connectivity index (χ2n) is 9.48. The van der Waals surface area contributed by atoms with Crippen molar-refractivity contribution >= 4 is 5.91 Å². The number of benzene rings is 1. The van der Waals surface area contributed by atoms with Crippen molar-refractivity contribution in [2.24, 2.45) is 23.7 Å². The van der Waals surface area contributed by atoms with Gasteiger partial charge in [-0.1, -0.05) is 63.3 Å². The van der Waals surface area contributed by atoms with Gasteiger partial charge in [-0.15, -0.1) is 0 Å². The molecule has 0 amide bonds. The second-order valence-corrected chi connectivity index (χ2v) is 9.48. The molecule has 1 aromatic carbocycles. The number of allylic oxidation sites excluding steroid dienone is 2. The average molecular weight is 375 g/mol. The Labute approximate surface area is 167 Å². The van der Waals surface area contributed by atoms with Crippen LogP contribution in [-0.4, -0.2) is 15.7 Å². The largest absolute Gasteiger partial charge is 0.272 e. The molecule has 2 aromatic rings. The topological polar surface area (TPSA) is 34.9 Å². The highest BCUT2D eigenvalue weighted by Crippen LogP contribution is 2.48. The van der Waals surface area contributed by atoms with Crippen molar-refractivity contribution in [3.63, 3.8) is 0 Å². The number of hydrogen-bond acceptors (Lipinski definition) is 2. The van der Waals surface area contributed by atoms with Crippen molar-refractivity contribution in [3.05, 3.63) is 53.7 Å². The number of nitrogens with zero attached hydrogens (tertiary/aromatic N) is 2. The van der Waals surface area contributed by atoms with Gasteiger partial charge in [-0.05, 0) is 49.4 Å². The summed E-state index contributed by atoms with van der Waals surface area (Å²) < 4.78 is 1.82. The summed E-state index contributed by atoms with van der Waals surface area (Å²) in [6, 6.07) is 10.4. The number of carbonyl (C=O) groups excluding carboxylic acids is 1. The van der Waals surface area contributed by atoms with Crippen LogP contribution in [0, 0.1) is 23.7 Å². The molecule has 28 heavy (non-hydrogen) atoms. The van der Waals surface area contributed by atoms with E-state index in [1.165, 1.54) is 24.1 Å². The SMILES string of the molecule is CC(C)[C@H]1CC[C@@H](C)c2c1nn(C(=O)[C@@H]1C[C@H]3C=C[C@H]1C3)c2-c1ccccc1. The van der Waals surface area contributed by atoms with Crippen LogP contribution in [-0.2, 0) is 0 Å². The molecule has 5 atom stereocenters. The van der Waals surface area contributed by atoms with E-state index >= 15 is 0 Å². The predicted molar refractivity (Wildman–Crippen MR) is 112 cm³/mol. The lowest BCUT2D eigenvalue weighted by molar-refractivity contribution is 0.0798. The maximum Gasteiger partial charge on any atom is 0.251 e. The molecule has 3 nitrogen and oxygen atoms in total. The van der Waals surface area contributed by atoms with Gasteiger partial charge in [0.1, 0.15) is 0 Å². The lowest BCUT2D eigenvalue weighted by Gasteiger charge is -2.28. The number of carbonyl (C=O) groups is 1. The molecule has 1 fully saturated rings. The highest BCUT2D eigenvalue weighted by Gasteiger charge is 2.43. The van der Waals surface area contributed by atoms with Crippen LogP contribution in [0.2, 0.25) is 0 Å². The molecule has 0 aliphatic heterocycles. The maximum absolute atomic E-state index is 13.7. The fourth-order valence-corrected chi connectivity index (χ4v) is 5.82. The molecule has 0 saturated heterocycles. The zero-order valence-electron chi connectivity index (χ0n) is 17.1. The van der Waals surface area contributed by atoms with Gasteiger partial charge in [0.2, 0.25) is 0 Å². The summed E-state index contributed by atoms with van der Waals surface area (Å²) in [7, 11) is 0. The lowest BCUT2D eigenvalue weighted by Crippen LogP contribution is -2.27. The quantitative estimate of drug-likeness (QED) is 0.614. The summed E-state index contributed by atoms with van der Waals surface area (Å²) in [5.74, 6) is 2.72. The number of rotatable bonds is 3. The van der Waals surface area contributed by atoms with Crippen molar-refractivity contribution in [2.45, 2.75) is 58.3 Å². The summed E-state index contributed by atoms with van der Waals surface area (Å²) >= 11 is 0. The molecule has 3 heteroatoms. The fourth-order valence-electron chi connectivity index (χ4n) is 5.82.